The summed E-state index contributed by atoms with van der Waals surface area (Å²) in [4.78, 5) is 11.7. The molecule has 1 atom stereocenters. The van der Waals surface area contributed by atoms with Crippen molar-refractivity contribution < 1.29 is 0 Å². The molecule has 1 aromatic rings. The van der Waals surface area contributed by atoms with Crippen LogP contribution in [0.5, 0.6) is 0 Å². The van der Waals surface area contributed by atoms with Gasteiger partial charge in [-0.25, -0.2) is 4.98 Å². The highest BCUT2D eigenvalue weighted by Crippen LogP contribution is 2.15. The SMILES string of the molecule is CN(C)c1ccc(CN2CCN(C3CCNC3)CC2)cn1. The van der Waals surface area contributed by atoms with Crippen LogP contribution in [0.3, 0.4) is 0 Å². The van der Waals surface area contributed by atoms with Crippen molar-refractivity contribution in [1.82, 2.24) is 20.1 Å². The largest absolute Gasteiger partial charge is 0.363 e. The predicted molar refractivity (Wildman–Crippen MR) is 86.7 cm³/mol. The second-order valence-electron chi connectivity index (χ2n) is 6.38. The highest BCUT2D eigenvalue weighted by atomic mass is 15.3. The molecular weight excluding hydrogens is 262 g/mol. The van der Waals surface area contributed by atoms with E-state index < -0.39 is 0 Å². The number of nitrogens with zero attached hydrogens (tertiary/aromatic N) is 4. The summed E-state index contributed by atoms with van der Waals surface area (Å²) in [6, 6.07) is 5.08. The number of hydrogen-bond donors (Lipinski definition) is 1. The molecule has 3 heterocycles. The third-order valence-electron chi connectivity index (χ3n) is 4.63. The molecule has 3 rings (SSSR count). The van der Waals surface area contributed by atoms with Crippen LogP contribution in [0, 0.1) is 0 Å². The van der Waals surface area contributed by atoms with Gasteiger partial charge in [0.05, 0.1) is 0 Å². The molecule has 0 radical (unpaired) electrons. The van der Waals surface area contributed by atoms with Crippen LogP contribution in [-0.4, -0.2) is 74.2 Å². The van der Waals surface area contributed by atoms with E-state index in [2.05, 4.69) is 32.2 Å². The lowest BCUT2D eigenvalue weighted by Crippen LogP contribution is -2.50. The third-order valence-corrected chi connectivity index (χ3v) is 4.63. The Morgan fingerprint density at radius 1 is 1.24 bits per heavy atom. The van der Waals surface area contributed by atoms with Gasteiger partial charge in [-0.05, 0) is 24.6 Å². The third kappa shape index (κ3) is 3.73. The molecule has 116 valence electrons. The number of nitrogens with one attached hydrogen (secondary N) is 1. The standard InChI is InChI=1S/C16H27N5/c1-19(2)16-4-3-14(11-18-16)13-20-7-9-21(10-8-20)15-5-6-17-12-15/h3-4,11,15,17H,5-10,12-13H2,1-2H3. The fourth-order valence-electron chi connectivity index (χ4n) is 3.27. The van der Waals surface area contributed by atoms with Crippen molar-refractivity contribution in [3.05, 3.63) is 23.9 Å². The van der Waals surface area contributed by atoms with Crippen LogP contribution in [-0.2, 0) is 6.54 Å². The summed E-state index contributed by atoms with van der Waals surface area (Å²) in [5, 5.41) is 3.47. The second kappa shape index (κ2) is 6.73. The van der Waals surface area contributed by atoms with E-state index in [1.54, 1.807) is 0 Å². The lowest BCUT2D eigenvalue weighted by Gasteiger charge is -2.37. The summed E-state index contributed by atoms with van der Waals surface area (Å²) in [7, 11) is 4.05. The highest BCUT2D eigenvalue weighted by molar-refractivity contribution is 5.37. The molecular formula is C16H27N5. The minimum absolute atomic E-state index is 0.771. The van der Waals surface area contributed by atoms with E-state index >= 15 is 0 Å². The quantitative estimate of drug-likeness (QED) is 0.879. The lowest BCUT2D eigenvalue weighted by atomic mass is 10.1. The van der Waals surface area contributed by atoms with Crippen molar-refractivity contribution in [3.8, 4) is 0 Å². The summed E-state index contributed by atoms with van der Waals surface area (Å²) in [6.07, 6.45) is 3.33. The van der Waals surface area contributed by atoms with Gasteiger partial charge >= 0.3 is 0 Å². The van der Waals surface area contributed by atoms with Gasteiger partial charge in [-0.3, -0.25) is 9.80 Å². The van der Waals surface area contributed by atoms with Crippen LogP contribution in [0.25, 0.3) is 0 Å². The van der Waals surface area contributed by atoms with Gasteiger partial charge in [0, 0.05) is 65.6 Å². The van der Waals surface area contributed by atoms with E-state index in [1.165, 1.54) is 51.3 Å². The molecule has 5 nitrogen and oxygen atoms in total. The van der Waals surface area contributed by atoms with Gasteiger partial charge in [-0.15, -0.1) is 0 Å². The summed E-state index contributed by atoms with van der Waals surface area (Å²) in [5.41, 5.74) is 1.32. The van der Waals surface area contributed by atoms with Crippen LogP contribution in [0.4, 0.5) is 5.82 Å². The van der Waals surface area contributed by atoms with E-state index in [0.717, 1.165) is 18.4 Å². The van der Waals surface area contributed by atoms with Crippen LogP contribution in [0.2, 0.25) is 0 Å². The number of aromatic nitrogens is 1. The van der Waals surface area contributed by atoms with Crippen molar-refractivity contribution in [1.29, 1.82) is 0 Å². The Hall–Kier alpha value is -1.17. The molecule has 5 heteroatoms. The molecule has 0 amide bonds. The zero-order chi connectivity index (χ0) is 14.7. The molecule has 0 aliphatic carbocycles. The number of hydrogen-bond acceptors (Lipinski definition) is 5. The maximum Gasteiger partial charge on any atom is 0.127 e. The fourth-order valence-corrected chi connectivity index (χ4v) is 3.27. The normalized spacial score (nSPS) is 24.4. The van der Waals surface area contributed by atoms with Gasteiger partial charge in [0.1, 0.15) is 5.82 Å². The van der Waals surface area contributed by atoms with E-state index in [9.17, 15) is 0 Å². The predicted octanol–water partition coefficient (Wildman–Crippen LogP) is 0.627. The van der Waals surface area contributed by atoms with Crippen LogP contribution < -0.4 is 10.2 Å². The van der Waals surface area contributed by atoms with Gasteiger partial charge < -0.3 is 10.2 Å². The Bertz CT molecular complexity index is 430. The monoisotopic (exact) mass is 289 g/mol. The topological polar surface area (TPSA) is 34.6 Å². The van der Waals surface area contributed by atoms with Gasteiger partial charge in [-0.1, -0.05) is 6.07 Å². The van der Waals surface area contributed by atoms with E-state index in [-0.39, 0.29) is 0 Å². The highest BCUT2D eigenvalue weighted by Gasteiger charge is 2.25. The van der Waals surface area contributed by atoms with Crippen molar-refractivity contribution in [3.63, 3.8) is 0 Å². The summed E-state index contributed by atoms with van der Waals surface area (Å²) >= 11 is 0. The molecule has 0 aromatic carbocycles. The maximum absolute atomic E-state index is 4.50. The molecule has 0 saturated carbocycles. The van der Waals surface area contributed by atoms with Crippen LogP contribution in [0.1, 0.15) is 12.0 Å². The van der Waals surface area contributed by atoms with Gasteiger partial charge in [0.15, 0.2) is 0 Å². The summed E-state index contributed by atoms with van der Waals surface area (Å²) in [5.74, 6) is 1.03. The number of pyridine rings is 1. The molecule has 0 spiro atoms. The van der Waals surface area contributed by atoms with Gasteiger partial charge in [0.2, 0.25) is 0 Å². The van der Waals surface area contributed by atoms with Crippen molar-refractivity contribution in [2.24, 2.45) is 0 Å². The second-order valence-corrected chi connectivity index (χ2v) is 6.38. The van der Waals surface area contributed by atoms with Crippen molar-refractivity contribution in [2.45, 2.75) is 19.0 Å². The number of piperazine rings is 1. The van der Waals surface area contributed by atoms with Gasteiger partial charge in [0.25, 0.3) is 0 Å². The molecule has 2 saturated heterocycles. The molecule has 2 aliphatic heterocycles. The van der Waals surface area contributed by atoms with Crippen molar-refractivity contribution in [2.75, 3.05) is 58.3 Å². The summed E-state index contributed by atoms with van der Waals surface area (Å²) < 4.78 is 0. The maximum atomic E-state index is 4.50. The Morgan fingerprint density at radius 3 is 2.62 bits per heavy atom. The van der Waals surface area contributed by atoms with E-state index in [0.29, 0.717) is 0 Å². The molecule has 1 N–H and O–H groups in total. The molecule has 1 aromatic heterocycles. The molecule has 21 heavy (non-hydrogen) atoms. The number of rotatable bonds is 4. The van der Waals surface area contributed by atoms with E-state index in [1.807, 2.05) is 25.2 Å². The van der Waals surface area contributed by atoms with Crippen LogP contribution >= 0.6 is 0 Å². The Balaban J connectivity index is 1.48. The fraction of sp³-hybridized carbons (Fsp3) is 0.688. The average molecular weight is 289 g/mol. The minimum Gasteiger partial charge on any atom is -0.363 e. The smallest absolute Gasteiger partial charge is 0.127 e. The first-order chi connectivity index (χ1) is 10.2. The zero-order valence-corrected chi connectivity index (χ0v) is 13.3. The Kier molecular flexibility index (Phi) is 4.73. The first kappa shape index (κ1) is 14.8. The lowest BCUT2D eigenvalue weighted by molar-refractivity contribution is 0.0981. The molecule has 1 unspecified atom stereocenters. The average Bonchev–Trinajstić information content (AvgIpc) is 3.03. The van der Waals surface area contributed by atoms with Gasteiger partial charge in [-0.2, -0.15) is 0 Å². The van der Waals surface area contributed by atoms with Crippen molar-refractivity contribution >= 4 is 5.82 Å². The first-order valence-corrected chi connectivity index (χ1v) is 8.02. The van der Waals surface area contributed by atoms with E-state index in [4.69, 9.17) is 0 Å². The van der Waals surface area contributed by atoms with Crippen LogP contribution in [0.15, 0.2) is 18.3 Å². The number of anilines is 1. The minimum atomic E-state index is 0.771. The Morgan fingerprint density at radius 2 is 2.05 bits per heavy atom. The first-order valence-electron chi connectivity index (χ1n) is 8.02. The Labute approximate surface area is 127 Å². The zero-order valence-electron chi connectivity index (χ0n) is 13.3. The summed E-state index contributed by atoms with van der Waals surface area (Å²) in [6.45, 7) is 8.14. The molecule has 0 bridgehead atoms. The molecule has 2 aliphatic rings. The molecule has 2 fully saturated rings.